The first-order valence-electron chi connectivity index (χ1n) is 5.45. The summed E-state index contributed by atoms with van der Waals surface area (Å²) < 4.78 is 15.7. The van der Waals surface area contributed by atoms with Crippen LogP contribution in [-0.2, 0) is 14.2 Å². The Bertz CT molecular complexity index is 140. The normalized spacial score (nSPS) is 12.0. The Morgan fingerprint density at radius 1 is 1.00 bits per heavy atom. The smallest absolute Gasteiger partial charge is 0.0644 e. The van der Waals surface area contributed by atoms with Gasteiger partial charge in [-0.05, 0) is 20.3 Å². The van der Waals surface area contributed by atoms with Crippen LogP contribution in [0.4, 0.5) is 0 Å². The lowest BCUT2D eigenvalue weighted by Crippen LogP contribution is -2.27. The third kappa shape index (κ3) is 10.1. The summed E-state index contributed by atoms with van der Waals surface area (Å²) in [5.41, 5.74) is -0.0799. The van der Waals surface area contributed by atoms with Gasteiger partial charge in [0.2, 0.25) is 0 Å². The molecular formula is C11H25NO3. The maximum atomic E-state index is 5.47. The molecule has 0 saturated heterocycles. The van der Waals surface area contributed by atoms with Crippen LogP contribution < -0.4 is 5.32 Å². The molecule has 0 saturated carbocycles. The molecule has 0 amide bonds. The number of ether oxygens (including phenoxy) is 3. The average Bonchev–Trinajstić information content (AvgIpc) is 2.22. The van der Waals surface area contributed by atoms with Gasteiger partial charge in [-0.25, -0.2) is 0 Å². The van der Waals surface area contributed by atoms with Gasteiger partial charge in [-0.3, -0.25) is 0 Å². The van der Waals surface area contributed by atoms with Crippen LogP contribution in [0.3, 0.4) is 0 Å². The number of methoxy groups -OCH3 is 2. The summed E-state index contributed by atoms with van der Waals surface area (Å²) in [4.78, 5) is 0. The molecule has 0 aliphatic heterocycles. The zero-order valence-corrected chi connectivity index (χ0v) is 10.5. The molecule has 0 heterocycles. The third-order valence-electron chi connectivity index (χ3n) is 2.31. The van der Waals surface area contributed by atoms with Gasteiger partial charge in [0.25, 0.3) is 0 Å². The highest BCUT2D eigenvalue weighted by molar-refractivity contribution is 4.66. The minimum atomic E-state index is -0.0799. The largest absolute Gasteiger partial charge is 0.383 e. The molecule has 15 heavy (non-hydrogen) atoms. The molecule has 0 aliphatic carbocycles. The number of hydrogen-bond acceptors (Lipinski definition) is 4. The maximum Gasteiger partial charge on any atom is 0.0644 e. The first-order chi connectivity index (χ1) is 7.12. The molecule has 0 aromatic heterocycles. The summed E-state index contributed by atoms with van der Waals surface area (Å²) in [5.74, 6) is 0. The van der Waals surface area contributed by atoms with E-state index in [1.54, 1.807) is 14.2 Å². The molecule has 1 N–H and O–H groups in total. The molecule has 0 atom stereocenters. The second-order valence-electron chi connectivity index (χ2n) is 4.07. The highest BCUT2D eigenvalue weighted by Gasteiger charge is 2.15. The fraction of sp³-hybridized carbons (Fsp3) is 1.00. The molecule has 0 aromatic rings. The Balaban J connectivity index is 3.11. The van der Waals surface area contributed by atoms with Gasteiger partial charge in [-0.2, -0.15) is 0 Å². The van der Waals surface area contributed by atoms with Crippen molar-refractivity contribution in [1.29, 1.82) is 0 Å². The molecule has 4 nitrogen and oxygen atoms in total. The average molecular weight is 219 g/mol. The van der Waals surface area contributed by atoms with Gasteiger partial charge in [-0.1, -0.05) is 0 Å². The molecule has 0 aromatic carbocycles. The summed E-state index contributed by atoms with van der Waals surface area (Å²) in [7, 11) is 3.43. The van der Waals surface area contributed by atoms with Crippen LogP contribution in [0.2, 0.25) is 0 Å². The summed E-state index contributed by atoms with van der Waals surface area (Å²) in [6.07, 6.45) is 0.918. The Labute approximate surface area is 93.3 Å². The number of nitrogens with one attached hydrogen (secondary N) is 1. The molecule has 0 spiro atoms. The van der Waals surface area contributed by atoms with Gasteiger partial charge in [0.15, 0.2) is 0 Å². The zero-order valence-electron chi connectivity index (χ0n) is 10.5. The molecule has 92 valence electrons. The van der Waals surface area contributed by atoms with E-state index < -0.39 is 0 Å². The van der Waals surface area contributed by atoms with E-state index in [4.69, 9.17) is 14.2 Å². The highest BCUT2D eigenvalue weighted by Crippen LogP contribution is 2.12. The molecule has 0 radical (unpaired) electrons. The van der Waals surface area contributed by atoms with E-state index in [9.17, 15) is 0 Å². The van der Waals surface area contributed by atoms with E-state index in [0.717, 1.165) is 39.3 Å². The summed E-state index contributed by atoms with van der Waals surface area (Å²) in [5, 5.41) is 3.22. The number of rotatable bonds is 10. The fourth-order valence-electron chi connectivity index (χ4n) is 0.966. The van der Waals surface area contributed by atoms with Crippen LogP contribution in [-0.4, -0.2) is 52.7 Å². The summed E-state index contributed by atoms with van der Waals surface area (Å²) in [6.45, 7) is 8.10. The van der Waals surface area contributed by atoms with Crippen molar-refractivity contribution in [2.75, 3.05) is 47.1 Å². The molecule has 0 unspecified atom stereocenters. The zero-order chi connectivity index (χ0) is 11.6. The van der Waals surface area contributed by atoms with Crippen LogP contribution in [0, 0.1) is 0 Å². The van der Waals surface area contributed by atoms with Crippen LogP contribution in [0.5, 0.6) is 0 Å². The Morgan fingerprint density at radius 2 is 1.67 bits per heavy atom. The monoisotopic (exact) mass is 219 g/mol. The van der Waals surface area contributed by atoms with Gasteiger partial charge >= 0.3 is 0 Å². The lowest BCUT2D eigenvalue weighted by Gasteiger charge is -2.22. The highest BCUT2D eigenvalue weighted by atomic mass is 16.5. The molecule has 0 rings (SSSR count). The van der Waals surface area contributed by atoms with E-state index in [1.807, 2.05) is 0 Å². The minimum Gasteiger partial charge on any atom is -0.383 e. The van der Waals surface area contributed by atoms with Crippen molar-refractivity contribution in [2.45, 2.75) is 25.9 Å². The van der Waals surface area contributed by atoms with Crippen molar-refractivity contribution in [2.24, 2.45) is 0 Å². The van der Waals surface area contributed by atoms with Gasteiger partial charge in [-0.15, -0.1) is 0 Å². The molecule has 0 aliphatic rings. The van der Waals surface area contributed by atoms with Crippen LogP contribution in [0.25, 0.3) is 0 Å². The van der Waals surface area contributed by atoms with Crippen molar-refractivity contribution in [1.82, 2.24) is 5.32 Å². The summed E-state index contributed by atoms with van der Waals surface area (Å²) >= 11 is 0. The van der Waals surface area contributed by atoms with Crippen LogP contribution in [0.15, 0.2) is 0 Å². The van der Waals surface area contributed by atoms with Crippen LogP contribution in [0.1, 0.15) is 20.3 Å². The van der Waals surface area contributed by atoms with Gasteiger partial charge in [0.1, 0.15) is 0 Å². The quantitative estimate of drug-likeness (QED) is 0.558. The lowest BCUT2D eigenvalue weighted by atomic mass is 10.1. The van der Waals surface area contributed by atoms with Gasteiger partial charge < -0.3 is 19.5 Å². The van der Waals surface area contributed by atoms with Crippen molar-refractivity contribution in [3.8, 4) is 0 Å². The van der Waals surface area contributed by atoms with Gasteiger partial charge in [0, 0.05) is 33.9 Å². The fourth-order valence-corrected chi connectivity index (χ4v) is 0.966. The predicted octanol–water partition coefficient (Wildman–Crippen LogP) is 1.05. The van der Waals surface area contributed by atoms with Crippen molar-refractivity contribution in [3.63, 3.8) is 0 Å². The summed E-state index contributed by atoms with van der Waals surface area (Å²) in [6, 6.07) is 0. The molecule has 4 heteroatoms. The van der Waals surface area contributed by atoms with Crippen LogP contribution >= 0.6 is 0 Å². The Morgan fingerprint density at radius 3 is 2.27 bits per heavy atom. The van der Waals surface area contributed by atoms with E-state index in [0.29, 0.717) is 0 Å². The standard InChI is InChI=1S/C11H25NO3/c1-11(2,14-4)5-8-15-10-7-12-6-9-13-3/h12H,5-10H2,1-4H3. The predicted molar refractivity (Wildman–Crippen MR) is 61.3 cm³/mol. The molecule has 0 fully saturated rings. The van der Waals surface area contributed by atoms with E-state index in [-0.39, 0.29) is 5.60 Å². The van der Waals surface area contributed by atoms with Crippen molar-refractivity contribution >= 4 is 0 Å². The van der Waals surface area contributed by atoms with Crippen molar-refractivity contribution < 1.29 is 14.2 Å². The minimum absolute atomic E-state index is 0.0799. The number of hydrogen-bond donors (Lipinski definition) is 1. The Kier molecular flexibility index (Phi) is 9.00. The first-order valence-corrected chi connectivity index (χ1v) is 5.45. The SMILES string of the molecule is COCCNCCOCCC(C)(C)OC. The van der Waals surface area contributed by atoms with Gasteiger partial charge in [0.05, 0.1) is 18.8 Å². The van der Waals surface area contributed by atoms with E-state index >= 15 is 0 Å². The topological polar surface area (TPSA) is 39.7 Å². The first kappa shape index (κ1) is 14.8. The van der Waals surface area contributed by atoms with Crippen molar-refractivity contribution in [3.05, 3.63) is 0 Å². The van der Waals surface area contributed by atoms with E-state index in [2.05, 4.69) is 19.2 Å². The second kappa shape index (κ2) is 9.09. The lowest BCUT2D eigenvalue weighted by molar-refractivity contribution is -0.00940. The maximum absolute atomic E-state index is 5.47. The molecule has 0 bridgehead atoms. The second-order valence-corrected chi connectivity index (χ2v) is 4.07. The molecular weight excluding hydrogens is 194 g/mol. The van der Waals surface area contributed by atoms with E-state index in [1.165, 1.54) is 0 Å². The Hall–Kier alpha value is -0.160. The third-order valence-corrected chi connectivity index (χ3v) is 2.31.